The molecular formula is C28H43N3O2S. The molecule has 3 rings (SSSR count). The molecule has 1 atom stereocenters. The maximum absolute atomic E-state index is 12.2. The van der Waals surface area contributed by atoms with Crippen LogP contribution in [-0.4, -0.2) is 46.2 Å². The maximum atomic E-state index is 12.2. The van der Waals surface area contributed by atoms with Crippen LogP contribution in [0.15, 0.2) is 48.2 Å². The molecule has 0 spiro atoms. The van der Waals surface area contributed by atoms with E-state index in [0.717, 1.165) is 43.6 Å². The quantitative estimate of drug-likeness (QED) is 0.395. The molecule has 2 aliphatic rings. The fourth-order valence-corrected chi connectivity index (χ4v) is 5.36. The van der Waals surface area contributed by atoms with E-state index in [1.165, 1.54) is 11.1 Å². The molecule has 1 amide bonds. The number of amides is 1. The summed E-state index contributed by atoms with van der Waals surface area (Å²) in [5.74, 6) is 0.114. The van der Waals surface area contributed by atoms with Gasteiger partial charge in [-0.1, -0.05) is 82.5 Å². The third-order valence-corrected chi connectivity index (χ3v) is 8.10. The third-order valence-electron chi connectivity index (χ3n) is 6.45. The molecular weight excluding hydrogens is 442 g/mol. The number of pyridine rings is 1. The summed E-state index contributed by atoms with van der Waals surface area (Å²) < 4.78 is 7.20. The normalized spacial score (nSPS) is 18.3. The van der Waals surface area contributed by atoms with Gasteiger partial charge < -0.3 is 10.5 Å². The Morgan fingerprint density at radius 3 is 2.53 bits per heavy atom. The summed E-state index contributed by atoms with van der Waals surface area (Å²) in [4.78, 5) is 17.0. The predicted octanol–water partition coefficient (Wildman–Crippen LogP) is 6.29. The molecule has 0 bridgehead atoms. The Morgan fingerprint density at radius 2 is 1.94 bits per heavy atom. The van der Waals surface area contributed by atoms with Crippen molar-refractivity contribution in [3.05, 3.63) is 59.5 Å². The molecule has 0 aromatic carbocycles. The van der Waals surface area contributed by atoms with Gasteiger partial charge in [-0.3, -0.25) is 9.78 Å². The molecule has 1 aliphatic heterocycles. The van der Waals surface area contributed by atoms with Crippen molar-refractivity contribution in [1.82, 2.24) is 9.29 Å². The van der Waals surface area contributed by atoms with Crippen molar-refractivity contribution < 1.29 is 9.53 Å². The Hall–Kier alpha value is -1.89. The summed E-state index contributed by atoms with van der Waals surface area (Å²) in [5.41, 5.74) is 10.7. The number of aromatic nitrogens is 1. The van der Waals surface area contributed by atoms with Gasteiger partial charge in [0.05, 0.1) is 0 Å². The summed E-state index contributed by atoms with van der Waals surface area (Å²) in [6, 6.07) is 4.34. The summed E-state index contributed by atoms with van der Waals surface area (Å²) in [7, 11) is 0. The topological polar surface area (TPSA) is 68.5 Å². The van der Waals surface area contributed by atoms with E-state index in [9.17, 15) is 4.79 Å². The Morgan fingerprint density at radius 1 is 1.21 bits per heavy atom. The molecule has 1 aromatic heterocycles. The van der Waals surface area contributed by atoms with Crippen molar-refractivity contribution in [1.29, 1.82) is 0 Å². The van der Waals surface area contributed by atoms with Gasteiger partial charge in [-0.2, -0.15) is 0 Å². The molecule has 1 fully saturated rings. The zero-order valence-corrected chi connectivity index (χ0v) is 22.5. The summed E-state index contributed by atoms with van der Waals surface area (Å²) in [6.07, 6.45) is 15.3. The monoisotopic (exact) mass is 485 g/mol. The van der Waals surface area contributed by atoms with Gasteiger partial charge in [-0.15, -0.1) is 0 Å². The standard InChI is InChI=1S/C26H37N3O2S.C2H6/c1-4-21-7-6-8-22(10-9-21)23-11-12-24(28-19-23)20(3)13-16-29(5-2)32-26(25(27)30)14-17-31-18-15-26;1-2/h7-12,19-20H,4-6,13-18H2,1-3H3,(H2,27,30);1-2H3. The van der Waals surface area contributed by atoms with Gasteiger partial charge in [0, 0.05) is 38.2 Å². The lowest BCUT2D eigenvalue weighted by Crippen LogP contribution is -2.47. The molecule has 34 heavy (non-hydrogen) atoms. The number of hydrogen-bond acceptors (Lipinski definition) is 5. The first kappa shape index (κ1) is 28.3. The molecule has 6 heteroatoms. The first-order chi connectivity index (χ1) is 16.5. The SMILES string of the molecule is CC.CCC1=CCC=C(c2ccc(C(C)CCN(CC)SC3(C(N)=O)CCOCC3)nc2)C=C1. The minimum atomic E-state index is -0.538. The van der Waals surface area contributed by atoms with Gasteiger partial charge in [0.15, 0.2) is 0 Å². The minimum Gasteiger partial charge on any atom is -0.381 e. The van der Waals surface area contributed by atoms with E-state index in [2.05, 4.69) is 61.5 Å². The molecule has 2 N–H and O–H groups in total. The van der Waals surface area contributed by atoms with E-state index >= 15 is 0 Å². The summed E-state index contributed by atoms with van der Waals surface area (Å²) in [5, 5.41) is 0. The number of nitrogens with zero attached hydrogens (tertiary/aromatic N) is 2. The smallest absolute Gasteiger partial charge is 0.235 e. The van der Waals surface area contributed by atoms with Crippen LogP contribution in [0.3, 0.4) is 0 Å². The van der Waals surface area contributed by atoms with E-state index in [1.54, 1.807) is 11.9 Å². The van der Waals surface area contributed by atoms with Crippen LogP contribution >= 0.6 is 11.9 Å². The molecule has 0 radical (unpaired) electrons. The van der Waals surface area contributed by atoms with Crippen molar-refractivity contribution in [3.8, 4) is 0 Å². The number of hydrogen-bond donors (Lipinski definition) is 1. The van der Waals surface area contributed by atoms with Gasteiger partial charge in [-0.25, -0.2) is 4.31 Å². The fourth-order valence-electron chi connectivity index (χ4n) is 4.10. The number of primary amides is 1. The van der Waals surface area contributed by atoms with E-state index in [4.69, 9.17) is 15.5 Å². The maximum Gasteiger partial charge on any atom is 0.235 e. The Labute approximate surface area is 211 Å². The first-order valence-electron chi connectivity index (χ1n) is 12.8. The minimum absolute atomic E-state index is 0.224. The van der Waals surface area contributed by atoms with Crippen LogP contribution in [0.5, 0.6) is 0 Å². The molecule has 1 aliphatic carbocycles. The zero-order valence-electron chi connectivity index (χ0n) is 21.7. The van der Waals surface area contributed by atoms with Gasteiger partial charge in [-0.05, 0) is 55.2 Å². The highest BCUT2D eigenvalue weighted by molar-refractivity contribution is 7.99. The van der Waals surface area contributed by atoms with Crippen LogP contribution in [0.4, 0.5) is 0 Å². The number of carbonyl (C=O) groups is 1. The second-order valence-corrected chi connectivity index (χ2v) is 10.1. The number of allylic oxidation sites excluding steroid dienone is 6. The van der Waals surface area contributed by atoms with Crippen LogP contribution in [0.25, 0.3) is 5.57 Å². The average molecular weight is 486 g/mol. The molecule has 1 saturated heterocycles. The van der Waals surface area contributed by atoms with E-state index in [1.807, 2.05) is 20.0 Å². The van der Waals surface area contributed by atoms with Crippen LogP contribution < -0.4 is 5.73 Å². The lowest BCUT2D eigenvalue weighted by atomic mass is 9.98. The van der Waals surface area contributed by atoms with Crippen LogP contribution in [0.1, 0.15) is 83.9 Å². The summed E-state index contributed by atoms with van der Waals surface area (Å²) in [6.45, 7) is 13.5. The Balaban J connectivity index is 0.00000199. The highest BCUT2D eigenvalue weighted by Gasteiger charge is 2.41. The first-order valence-corrected chi connectivity index (χ1v) is 13.6. The highest BCUT2D eigenvalue weighted by Crippen LogP contribution is 2.38. The van der Waals surface area contributed by atoms with Gasteiger partial charge >= 0.3 is 0 Å². The Bertz CT molecular complexity index is 855. The number of carbonyl (C=O) groups excluding carboxylic acids is 1. The van der Waals surface area contributed by atoms with Crippen LogP contribution in [0.2, 0.25) is 0 Å². The van der Waals surface area contributed by atoms with Crippen molar-refractivity contribution in [3.63, 3.8) is 0 Å². The molecule has 2 heterocycles. The third kappa shape index (κ3) is 7.82. The van der Waals surface area contributed by atoms with Gasteiger partial charge in [0.1, 0.15) is 4.75 Å². The highest BCUT2D eigenvalue weighted by atomic mass is 32.2. The van der Waals surface area contributed by atoms with E-state index in [-0.39, 0.29) is 5.91 Å². The van der Waals surface area contributed by atoms with Crippen molar-refractivity contribution in [2.24, 2.45) is 5.73 Å². The van der Waals surface area contributed by atoms with Gasteiger partial charge in [0.2, 0.25) is 5.91 Å². The zero-order chi connectivity index (χ0) is 25.0. The molecule has 5 nitrogen and oxygen atoms in total. The predicted molar refractivity (Wildman–Crippen MR) is 146 cm³/mol. The van der Waals surface area contributed by atoms with Crippen molar-refractivity contribution >= 4 is 23.4 Å². The second-order valence-electron chi connectivity index (χ2n) is 8.61. The van der Waals surface area contributed by atoms with E-state index in [0.29, 0.717) is 32.0 Å². The van der Waals surface area contributed by atoms with Gasteiger partial charge in [0.25, 0.3) is 0 Å². The van der Waals surface area contributed by atoms with Crippen molar-refractivity contribution in [2.45, 2.75) is 77.4 Å². The molecule has 188 valence electrons. The van der Waals surface area contributed by atoms with Crippen molar-refractivity contribution in [2.75, 3.05) is 26.3 Å². The van der Waals surface area contributed by atoms with E-state index < -0.39 is 4.75 Å². The number of ether oxygens (including phenoxy) is 1. The Kier molecular flexibility index (Phi) is 12.1. The second kappa shape index (κ2) is 14.5. The average Bonchev–Trinajstić information content (AvgIpc) is 3.14. The lowest BCUT2D eigenvalue weighted by Gasteiger charge is -2.37. The lowest BCUT2D eigenvalue weighted by molar-refractivity contribution is -0.122. The van der Waals surface area contributed by atoms with Crippen LogP contribution in [0, 0.1) is 0 Å². The largest absolute Gasteiger partial charge is 0.381 e. The summed E-state index contributed by atoms with van der Waals surface area (Å²) >= 11 is 1.62. The molecule has 1 unspecified atom stereocenters. The fraction of sp³-hybridized carbons (Fsp3) is 0.571. The van der Waals surface area contributed by atoms with Crippen LogP contribution in [-0.2, 0) is 9.53 Å². The molecule has 1 aromatic rings. The number of nitrogens with two attached hydrogens (primary N) is 1. The molecule has 0 saturated carbocycles. The number of rotatable bonds is 10.